The Bertz CT molecular complexity index is 747. The predicted molar refractivity (Wildman–Crippen MR) is 104 cm³/mol. The molecule has 140 valence electrons. The minimum atomic E-state index is -0.711. The summed E-state index contributed by atoms with van der Waals surface area (Å²) in [4.78, 5) is 2.40. The summed E-state index contributed by atoms with van der Waals surface area (Å²) < 4.78 is 10.8. The van der Waals surface area contributed by atoms with Crippen LogP contribution in [0.1, 0.15) is 35.1 Å². The fourth-order valence-electron chi connectivity index (χ4n) is 3.67. The molecule has 1 saturated heterocycles. The number of piperidine rings is 1. The summed E-state index contributed by atoms with van der Waals surface area (Å²) in [6.07, 6.45) is 1.50. The van der Waals surface area contributed by atoms with E-state index in [4.69, 9.17) is 9.47 Å². The Morgan fingerprint density at radius 2 is 1.54 bits per heavy atom. The third-order valence-electron chi connectivity index (χ3n) is 5.51. The van der Waals surface area contributed by atoms with Gasteiger partial charge in [-0.25, -0.2) is 0 Å². The van der Waals surface area contributed by atoms with E-state index in [2.05, 4.69) is 49.1 Å². The first-order chi connectivity index (χ1) is 12.4. The molecule has 1 fully saturated rings. The number of aryl methyl sites for hydroxylation is 2. The highest BCUT2D eigenvalue weighted by molar-refractivity contribution is 5.47. The van der Waals surface area contributed by atoms with Crippen molar-refractivity contribution in [2.75, 3.05) is 27.3 Å². The van der Waals surface area contributed by atoms with E-state index in [-0.39, 0.29) is 0 Å². The van der Waals surface area contributed by atoms with Gasteiger partial charge in [-0.2, -0.15) is 0 Å². The van der Waals surface area contributed by atoms with Crippen LogP contribution in [0.5, 0.6) is 11.5 Å². The van der Waals surface area contributed by atoms with Crippen LogP contribution < -0.4 is 9.47 Å². The molecule has 1 N–H and O–H groups in total. The predicted octanol–water partition coefficient (Wildman–Crippen LogP) is 3.80. The normalized spacial score (nSPS) is 17.1. The van der Waals surface area contributed by atoms with Crippen molar-refractivity contribution in [3.8, 4) is 11.5 Å². The maximum atomic E-state index is 11.1. The second kappa shape index (κ2) is 7.68. The van der Waals surface area contributed by atoms with Crippen molar-refractivity contribution in [1.29, 1.82) is 0 Å². The summed E-state index contributed by atoms with van der Waals surface area (Å²) in [5, 5.41) is 11.1. The van der Waals surface area contributed by atoms with Crippen LogP contribution in [0, 0.1) is 13.8 Å². The van der Waals surface area contributed by atoms with Crippen LogP contribution in [-0.4, -0.2) is 37.3 Å². The van der Waals surface area contributed by atoms with Gasteiger partial charge in [0, 0.05) is 19.6 Å². The van der Waals surface area contributed by atoms with Gasteiger partial charge in [0.15, 0.2) is 11.5 Å². The highest BCUT2D eigenvalue weighted by Gasteiger charge is 2.33. The Morgan fingerprint density at radius 3 is 2.12 bits per heavy atom. The summed E-state index contributed by atoms with van der Waals surface area (Å²) in [5.74, 6) is 1.53. The van der Waals surface area contributed by atoms with Gasteiger partial charge in [0.2, 0.25) is 0 Å². The molecule has 0 aromatic heterocycles. The standard InChI is InChI=1S/C22H29NO3/c1-16-5-7-19(8-6-16)22(24)9-11-23(12-10-22)15-18-14-21(26-4)20(25-3)13-17(18)2/h5-8,13-14,24H,9-12,15H2,1-4H3. The minimum absolute atomic E-state index is 0.711. The van der Waals surface area contributed by atoms with Gasteiger partial charge >= 0.3 is 0 Å². The SMILES string of the molecule is COc1cc(C)c(CN2CCC(O)(c3ccc(C)cc3)CC2)cc1OC. The van der Waals surface area contributed by atoms with Crippen LogP contribution in [-0.2, 0) is 12.1 Å². The Labute approximate surface area is 156 Å². The molecule has 0 bridgehead atoms. The van der Waals surface area contributed by atoms with Gasteiger partial charge < -0.3 is 14.6 Å². The molecular weight excluding hydrogens is 326 g/mol. The summed E-state index contributed by atoms with van der Waals surface area (Å²) >= 11 is 0. The first-order valence-corrected chi connectivity index (χ1v) is 9.18. The summed E-state index contributed by atoms with van der Waals surface area (Å²) in [5.41, 5.74) is 3.98. The molecule has 2 aromatic carbocycles. The lowest BCUT2D eigenvalue weighted by atomic mass is 9.84. The van der Waals surface area contributed by atoms with Gasteiger partial charge in [0.1, 0.15) is 0 Å². The second-order valence-electron chi connectivity index (χ2n) is 7.31. The monoisotopic (exact) mass is 355 g/mol. The third-order valence-corrected chi connectivity index (χ3v) is 5.51. The molecule has 0 unspecified atom stereocenters. The van der Waals surface area contributed by atoms with E-state index in [0.29, 0.717) is 0 Å². The average Bonchev–Trinajstić information content (AvgIpc) is 2.65. The van der Waals surface area contributed by atoms with E-state index in [0.717, 1.165) is 49.5 Å². The Hall–Kier alpha value is -2.04. The number of ether oxygens (including phenoxy) is 2. The van der Waals surface area contributed by atoms with Crippen LogP contribution >= 0.6 is 0 Å². The van der Waals surface area contributed by atoms with Crippen molar-refractivity contribution in [2.24, 2.45) is 0 Å². The molecule has 0 radical (unpaired) electrons. The van der Waals surface area contributed by atoms with Crippen molar-refractivity contribution in [3.63, 3.8) is 0 Å². The van der Waals surface area contributed by atoms with Gasteiger partial charge in [-0.1, -0.05) is 29.8 Å². The Kier molecular flexibility index (Phi) is 5.54. The number of benzene rings is 2. The van der Waals surface area contributed by atoms with Crippen molar-refractivity contribution in [1.82, 2.24) is 4.90 Å². The Morgan fingerprint density at radius 1 is 0.962 bits per heavy atom. The molecule has 0 amide bonds. The van der Waals surface area contributed by atoms with E-state index >= 15 is 0 Å². The molecular formula is C22H29NO3. The molecule has 3 rings (SSSR count). The average molecular weight is 355 g/mol. The first kappa shape index (κ1) is 18.7. The van der Waals surface area contributed by atoms with Crippen molar-refractivity contribution < 1.29 is 14.6 Å². The Balaban J connectivity index is 1.68. The number of rotatable bonds is 5. The fourth-order valence-corrected chi connectivity index (χ4v) is 3.67. The zero-order valence-electron chi connectivity index (χ0n) is 16.2. The van der Waals surface area contributed by atoms with Crippen molar-refractivity contribution >= 4 is 0 Å². The lowest BCUT2D eigenvalue weighted by Gasteiger charge is -2.38. The number of aliphatic hydroxyl groups is 1. The molecule has 1 aliphatic heterocycles. The quantitative estimate of drug-likeness (QED) is 0.886. The van der Waals surface area contributed by atoms with Crippen LogP contribution in [0.3, 0.4) is 0 Å². The summed E-state index contributed by atoms with van der Waals surface area (Å²) in [6.45, 7) is 6.78. The van der Waals surface area contributed by atoms with E-state index < -0.39 is 5.60 Å². The molecule has 0 spiro atoms. The highest BCUT2D eigenvalue weighted by atomic mass is 16.5. The van der Waals surface area contributed by atoms with Crippen molar-refractivity contribution in [2.45, 2.75) is 38.8 Å². The van der Waals surface area contributed by atoms with Crippen molar-refractivity contribution in [3.05, 3.63) is 58.7 Å². The lowest BCUT2D eigenvalue weighted by molar-refractivity contribution is -0.0277. The van der Waals surface area contributed by atoms with Crippen LogP contribution in [0.4, 0.5) is 0 Å². The van der Waals surface area contributed by atoms with E-state index in [1.54, 1.807) is 14.2 Å². The summed E-state index contributed by atoms with van der Waals surface area (Å²) in [6, 6.07) is 12.4. The molecule has 4 heteroatoms. The number of likely N-dealkylation sites (tertiary alicyclic amines) is 1. The number of hydrogen-bond donors (Lipinski definition) is 1. The van der Waals surface area contributed by atoms with E-state index in [9.17, 15) is 5.11 Å². The number of nitrogens with zero attached hydrogens (tertiary/aromatic N) is 1. The molecule has 2 aromatic rings. The van der Waals surface area contributed by atoms with E-state index in [1.807, 2.05) is 6.07 Å². The molecule has 1 heterocycles. The maximum Gasteiger partial charge on any atom is 0.161 e. The second-order valence-corrected chi connectivity index (χ2v) is 7.31. The first-order valence-electron chi connectivity index (χ1n) is 9.18. The van der Waals surface area contributed by atoms with Crippen LogP contribution in [0.15, 0.2) is 36.4 Å². The van der Waals surface area contributed by atoms with Crippen LogP contribution in [0.25, 0.3) is 0 Å². The maximum absolute atomic E-state index is 11.1. The van der Waals surface area contributed by atoms with E-state index in [1.165, 1.54) is 16.7 Å². The molecule has 0 saturated carbocycles. The topological polar surface area (TPSA) is 41.9 Å². The molecule has 0 atom stereocenters. The lowest BCUT2D eigenvalue weighted by Crippen LogP contribution is -2.42. The van der Waals surface area contributed by atoms with Gasteiger partial charge in [0.25, 0.3) is 0 Å². The van der Waals surface area contributed by atoms with Gasteiger partial charge in [-0.3, -0.25) is 4.90 Å². The van der Waals surface area contributed by atoms with Crippen LogP contribution in [0.2, 0.25) is 0 Å². The highest BCUT2D eigenvalue weighted by Crippen LogP contribution is 2.35. The fraction of sp³-hybridized carbons (Fsp3) is 0.455. The zero-order chi connectivity index (χ0) is 18.7. The number of hydrogen-bond acceptors (Lipinski definition) is 4. The molecule has 1 aliphatic rings. The zero-order valence-corrected chi connectivity index (χ0v) is 16.2. The van der Waals surface area contributed by atoms with Gasteiger partial charge in [-0.15, -0.1) is 0 Å². The minimum Gasteiger partial charge on any atom is -0.493 e. The van der Waals surface area contributed by atoms with Gasteiger partial charge in [0.05, 0.1) is 19.8 Å². The third kappa shape index (κ3) is 3.87. The largest absolute Gasteiger partial charge is 0.493 e. The molecule has 4 nitrogen and oxygen atoms in total. The number of methoxy groups -OCH3 is 2. The smallest absolute Gasteiger partial charge is 0.161 e. The molecule has 0 aliphatic carbocycles. The molecule has 26 heavy (non-hydrogen) atoms. The van der Waals surface area contributed by atoms with Gasteiger partial charge in [-0.05, 0) is 55.5 Å². The summed E-state index contributed by atoms with van der Waals surface area (Å²) in [7, 11) is 3.33.